The van der Waals surface area contributed by atoms with Gasteiger partial charge in [-0.2, -0.15) is 0 Å². The van der Waals surface area contributed by atoms with E-state index in [1.807, 2.05) is 0 Å². The Hall–Kier alpha value is -1.25. The van der Waals surface area contributed by atoms with Crippen molar-refractivity contribution in [1.29, 1.82) is 0 Å². The van der Waals surface area contributed by atoms with Gasteiger partial charge < -0.3 is 9.15 Å². The van der Waals surface area contributed by atoms with Crippen molar-refractivity contribution in [2.24, 2.45) is 0 Å². The maximum atomic E-state index is 11.0. The zero-order chi connectivity index (χ0) is 18.3. The summed E-state index contributed by atoms with van der Waals surface area (Å²) in [6.45, 7) is 4.41. The van der Waals surface area contributed by atoms with E-state index in [1.165, 1.54) is 82.0 Å². The summed E-state index contributed by atoms with van der Waals surface area (Å²) in [7, 11) is 1.46. The molecule has 0 unspecified atom stereocenters. The first-order chi connectivity index (χ1) is 12.2. The molecule has 0 aromatic carbocycles. The molecule has 1 aromatic heterocycles. The summed E-state index contributed by atoms with van der Waals surface area (Å²) in [5.41, 5.74) is 1.33. The van der Waals surface area contributed by atoms with Crippen LogP contribution in [0.15, 0.2) is 10.5 Å². The summed E-state index contributed by atoms with van der Waals surface area (Å²) < 4.78 is 10.7. The molecule has 1 heterocycles. The minimum atomic E-state index is -0.0818. The molecule has 0 radical (unpaired) electrons. The lowest BCUT2D eigenvalue weighted by Crippen LogP contribution is -1.99. The van der Waals surface area contributed by atoms with Crippen LogP contribution in [-0.2, 0) is 22.4 Å². The van der Waals surface area contributed by atoms with Gasteiger partial charge in [-0.25, -0.2) is 0 Å². The van der Waals surface area contributed by atoms with Gasteiger partial charge in [-0.1, -0.05) is 58.3 Å². The molecule has 0 aliphatic rings. The van der Waals surface area contributed by atoms with Crippen molar-refractivity contribution in [3.8, 4) is 0 Å². The number of rotatable bonds is 15. The third-order valence-electron chi connectivity index (χ3n) is 4.86. The van der Waals surface area contributed by atoms with Crippen molar-refractivity contribution in [2.45, 2.75) is 104 Å². The van der Waals surface area contributed by atoms with Gasteiger partial charge in [0.05, 0.1) is 7.11 Å². The van der Waals surface area contributed by atoms with Gasteiger partial charge in [-0.3, -0.25) is 4.79 Å². The van der Waals surface area contributed by atoms with E-state index in [4.69, 9.17) is 4.42 Å². The Kier molecular flexibility index (Phi) is 12.2. The van der Waals surface area contributed by atoms with E-state index < -0.39 is 0 Å². The predicted octanol–water partition coefficient (Wildman–Crippen LogP) is 6.55. The van der Waals surface area contributed by atoms with Gasteiger partial charge in [0, 0.05) is 19.3 Å². The van der Waals surface area contributed by atoms with Gasteiger partial charge in [0.25, 0.3) is 0 Å². The smallest absolute Gasteiger partial charge is 0.305 e. The zero-order valence-electron chi connectivity index (χ0n) is 16.7. The number of methoxy groups -OCH3 is 1. The van der Waals surface area contributed by atoms with E-state index in [1.54, 1.807) is 0 Å². The fourth-order valence-corrected chi connectivity index (χ4v) is 3.23. The highest BCUT2D eigenvalue weighted by molar-refractivity contribution is 5.68. The van der Waals surface area contributed by atoms with E-state index in [2.05, 4.69) is 24.7 Å². The number of carbonyl (C=O) groups is 1. The van der Waals surface area contributed by atoms with Crippen LogP contribution in [0.3, 0.4) is 0 Å². The molecule has 3 nitrogen and oxygen atoms in total. The Balaban J connectivity index is 1.99. The van der Waals surface area contributed by atoms with E-state index >= 15 is 0 Å². The zero-order valence-corrected chi connectivity index (χ0v) is 16.7. The number of aryl methyl sites for hydroxylation is 3. The molecule has 0 amide bonds. The van der Waals surface area contributed by atoms with Crippen LogP contribution in [0, 0.1) is 6.92 Å². The van der Waals surface area contributed by atoms with E-state index in [0.29, 0.717) is 6.42 Å². The number of unbranched alkanes of at least 4 members (excludes halogenated alkanes) is 9. The molecule has 3 heteroatoms. The second kappa shape index (κ2) is 14.0. The van der Waals surface area contributed by atoms with Crippen LogP contribution in [0.2, 0.25) is 0 Å². The number of esters is 1. The third kappa shape index (κ3) is 10.4. The number of ether oxygens (including phenoxy) is 1. The van der Waals surface area contributed by atoms with Crippen LogP contribution in [0.1, 0.15) is 101 Å². The Morgan fingerprint density at radius 2 is 1.52 bits per heavy atom. The SMILES string of the molecule is CCCCCc1oc(CCCCCCCCCCC(=O)OC)cc1C. The first-order valence-corrected chi connectivity index (χ1v) is 10.3. The maximum absolute atomic E-state index is 11.0. The minimum Gasteiger partial charge on any atom is -0.469 e. The first-order valence-electron chi connectivity index (χ1n) is 10.3. The standard InChI is InChI=1S/C22H38O3/c1-4-5-12-16-21-19(2)18-20(25-21)15-13-10-8-6-7-9-11-14-17-22(23)24-3/h18H,4-17H2,1-3H3. The lowest BCUT2D eigenvalue weighted by atomic mass is 10.1. The average molecular weight is 351 g/mol. The molecule has 0 bridgehead atoms. The number of furan rings is 1. The second-order valence-corrected chi connectivity index (χ2v) is 7.18. The van der Waals surface area contributed by atoms with Gasteiger partial charge in [0.2, 0.25) is 0 Å². The fourth-order valence-electron chi connectivity index (χ4n) is 3.23. The van der Waals surface area contributed by atoms with Crippen molar-refractivity contribution in [1.82, 2.24) is 0 Å². The predicted molar refractivity (Wildman–Crippen MR) is 104 cm³/mol. The molecule has 0 aliphatic carbocycles. The summed E-state index contributed by atoms with van der Waals surface area (Å²) in [5, 5.41) is 0. The third-order valence-corrected chi connectivity index (χ3v) is 4.86. The first kappa shape index (κ1) is 21.8. The van der Waals surface area contributed by atoms with Gasteiger partial charge in [-0.05, 0) is 37.8 Å². The highest BCUT2D eigenvalue weighted by Crippen LogP contribution is 2.20. The molecule has 0 saturated carbocycles. The van der Waals surface area contributed by atoms with Crippen molar-refractivity contribution in [3.63, 3.8) is 0 Å². The highest BCUT2D eigenvalue weighted by atomic mass is 16.5. The quantitative estimate of drug-likeness (QED) is 0.266. The maximum Gasteiger partial charge on any atom is 0.305 e. The normalized spacial score (nSPS) is 11.0. The molecule has 0 aliphatic heterocycles. The molecule has 0 N–H and O–H groups in total. The molecule has 1 rings (SSSR count). The molecular formula is C22H38O3. The Morgan fingerprint density at radius 1 is 0.920 bits per heavy atom. The molecule has 144 valence electrons. The summed E-state index contributed by atoms with van der Waals surface area (Å²) >= 11 is 0. The summed E-state index contributed by atoms with van der Waals surface area (Å²) in [4.78, 5) is 11.0. The van der Waals surface area contributed by atoms with E-state index in [9.17, 15) is 4.79 Å². The van der Waals surface area contributed by atoms with E-state index in [-0.39, 0.29) is 5.97 Å². The van der Waals surface area contributed by atoms with Gasteiger partial charge >= 0.3 is 5.97 Å². The summed E-state index contributed by atoms with van der Waals surface area (Å²) in [6.07, 6.45) is 16.3. The number of hydrogen-bond acceptors (Lipinski definition) is 3. The van der Waals surface area contributed by atoms with Crippen LogP contribution in [-0.4, -0.2) is 13.1 Å². The molecule has 0 saturated heterocycles. The number of carbonyl (C=O) groups excluding carboxylic acids is 1. The molecule has 25 heavy (non-hydrogen) atoms. The van der Waals surface area contributed by atoms with Crippen LogP contribution >= 0.6 is 0 Å². The van der Waals surface area contributed by atoms with Crippen LogP contribution < -0.4 is 0 Å². The molecule has 0 atom stereocenters. The van der Waals surface area contributed by atoms with Gasteiger partial charge in [0.1, 0.15) is 11.5 Å². The van der Waals surface area contributed by atoms with Crippen molar-refractivity contribution in [2.75, 3.05) is 7.11 Å². The van der Waals surface area contributed by atoms with Crippen LogP contribution in [0.4, 0.5) is 0 Å². The second-order valence-electron chi connectivity index (χ2n) is 7.18. The highest BCUT2D eigenvalue weighted by Gasteiger charge is 2.07. The average Bonchev–Trinajstić information content (AvgIpc) is 2.96. The Morgan fingerprint density at radius 3 is 2.16 bits per heavy atom. The molecule has 0 fully saturated rings. The molecule has 1 aromatic rings. The van der Waals surface area contributed by atoms with Crippen LogP contribution in [0.25, 0.3) is 0 Å². The monoisotopic (exact) mass is 350 g/mol. The summed E-state index contributed by atoms with van der Waals surface area (Å²) in [6, 6.07) is 2.24. The van der Waals surface area contributed by atoms with Gasteiger partial charge in [-0.15, -0.1) is 0 Å². The van der Waals surface area contributed by atoms with Gasteiger partial charge in [0.15, 0.2) is 0 Å². The Bertz CT molecular complexity index is 462. The minimum absolute atomic E-state index is 0.0818. The number of hydrogen-bond donors (Lipinski definition) is 0. The lowest BCUT2D eigenvalue weighted by Gasteiger charge is -2.02. The molecule has 0 spiro atoms. The topological polar surface area (TPSA) is 39.4 Å². The van der Waals surface area contributed by atoms with Crippen molar-refractivity contribution >= 4 is 5.97 Å². The van der Waals surface area contributed by atoms with Crippen molar-refractivity contribution < 1.29 is 13.9 Å². The largest absolute Gasteiger partial charge is 0.469 e. The lowest BCUT2D eigenvalue weighted by molar-refractivity contribution is -0.140. The Labute approximate surface area is 154 Å². The molecular weight excluding hydrogens is 312 g/mol. The fraction of sp³-hybridized carbons (Fsp3) is 0.773. The van der Waals surface area contributed by atoms with E-state index in [0.717, 1.165) is 25.7 Å². The van der Waals surface area contributed by atoms with Crippen LogP contribution in [0.5, 0.6) is 0 Å². The summed E-state index contributed by atoms with van der Waals surface area (Å²) in [5.74, 6) is 2.30. The van der Waals surface area contributed by atoms with Crippen molar-refractivity contribution in [3.05, 3.63) is 23.2 Å².